The van der Waals surface area contributed by atoms with E-state index in [1.807, 2.05) is 13.1 Å². The van der Waals surface area contributed by atoms with E-state index in [-0.39, 0.29) is 5.41 Å². The highest BCUT2D eigenvalue weighted by Crippen LogP contribution is 2.22. The molecule has 0 aliphatic rings. The van der Waals surface area contributed by atoms with Crippen molar-refractivity contribution < 1.29 is 0 Å². The van der Waals surface area contributed by atoms with Crippen LogP contribution < -0.4 is 10.6 Å². The van der Waals surface area contributed by atoms with Gasteiger partial charge < -0.3 is 15.5 Å². The van der Waals surface area contributed by atoms with E-state index in [9.17, 15) is 0 Å². The summed E-state index contributed by atoms with van der Waals surface area (Å²) in [5, 5.41) is 6.49. The number of unbranched alkanes of at least 4 members (excludes halogenated alkanes) is 1. The topological polar surface area (TPSA) is 53.1 Å². The molecule has 0 unspecified atom stereocenters. The van der Waals surface area contributed by atoms with Gasteiger partial charge >= 0.3 is 0 Å². The summed E-state index contributed by atoms with van der Waals surface area (Å²) in [7, 11) is 6.09. The van der Waals surface area contributed by atoms with Gasteiger partial charge in [-0.15, -0.1) is 0 Å². The Labute approximate surface area is 123 Å². The lowest BCUT2D eigenvalue weighted by Gasteiger charge is -2.19. The Morgan fingerprint density at radius 2 is 1.75 bits per heavy atom. The lowest BCUT2D eigenvalue weighted by molar-refractivity contribution is 0.396. The predicted molar refractivity (Wildman–Crippen MR) is 86.6 cm³/mol. The first-order valence-corrected chi connectivity index (χ1v) is 7.29. The molecule has 0 bridgehead atoms. The van der Waals surface area contributed by atoms with Crippen LogP contribution in [0.1, 0.15) is 39.4 Å². The summed E-state index contributed by atoms with van der Waals surface area (Å²) in [5.41, 5.74) is -0.0474. The monoisotopic (exact) mass is 279 g/mol. The SMILES string of the molecule is CNc1cc(NCCCCN(C)C)nc(C(C)(C)C)n1. The molecule has 114 valence electrons. The number of rotatable bonds is 7. The van der Waals surface area contributed by atoms with Crippen LogP contribution in [-0.4, -0.2) is 49.1 Å². The first-order chi connectivity index (χ1) is 9.32. The van der Waals surface area contributed by atoms with Gasteiger partial charge in [-0.05, 0) is 33.5 Å². The summed E-state index contributed by atoms with van der Waals surface area (Å²) < 4.78 is 0. The average Bonchev–Trinajstić information content (AvgIpc) is 2.36. The molecule has 0 fully saturated rings. The first kappa shape index (κ1) is 16.7. The highest BCUT2D eigenvalue weighted by molar-refractivity contribution is 5.47. The van der Waals surface area contributed by atoms with Crippen molar-refractivity contribution in [1.29, 1.82) is 0 Å². The quantitative estimate of drug-likeness (QED) is 0.751. The zero-order valence-electron chi connectivity index (χ0n) is 13.7. The molecule has 0 saturated carbocycles. The Morgan fingerprint density at radius 1 is 1.10 bits per heavy atom. The van der Waals surface area contributed by atoms with Gasteiger partial charge in [0, 0.05) is 25.1 Å². The van der Waals surface area contributed by atoms with Crippen LogP contribution in [0.5, 0.6) is 0 Å². The van der Waals surface area contributed by atoms with Gasteiger partial charge in [-0.1, -0.05) is 20.8 Å². The van der Waals surface area contributed by atoms with Crippen molar-refractivity contribution in [2.75, 3.05) is 44.9 Å². The predicted octanol–water partition coefficient (Wildman–Crippen LogP) is 2.57. The Hall–Kier alpha value is -1.36. The first-order valence-electron chi connectivity index (χ1n) is 7.29. The second-order valence-corrected chi connectivity index (χ2v) is 6.40. The smallest absolute Gasteiger partial charge is 0.138 e. The Bertz CT molecular complexity index is 409. The number of hydrogen-bond donors (Lipinski definition) is 2. The molecule has 1 rings (SSSR count). The van der Waals surface area contributed by atoms with Gasteiger partial charge in [0.1, 0.15) is 17.5 Å². The maximum Gasteiger partial charge on any atom is 0.138 e. The van der Waals surface area contributed by atoms with E-state index in [0.29, 0.717) is 0 Å². The number of anilines is 2. The molecule has 5 nitrogen and oxygen atoms in total. The van der Waals surface area contributed by atoms with Crippen LogP contribution in [0.2, 0.25) is 0 Å². The van der Waals surface area contributed by atoms with E-state index in [1.54, 1.807) is 0 Å². The molecule has 0 aromatic carbocycles. The van der Waals surface area contributed by atoms with Crippen LogP contribution in [0, 0.1) is 0 Å². The van der Waals surface area contributed by atoms with Gasteiger partial charge in [-0.2, -0.15) is 0 Å². The maximum atomic E-state index is 4.61. The van der Waals surface area contributed by atoms with Crippen LogP contribution in [0.3, 0.4) is 0 Å². The van der Waals surface area contributed by atoms with E-state index >= 15 is 0 Å². The number of nitrogens with one attached hydrogen (secondary N) is 2. The van der Waals surface area contributed by atoms with Crippen LogP contribution in [0.4, 0.5) is 11.6 Å². The van der Waals surface area contributed by atoms with Crippen molar-refractivity contribution in [2.45, 2.75) is 39.0 Å². The van der Waals surface area contributed by atoms with Gasteiger partial charge in [-0.3, -0.25) is 0 Å². The Balaban J connectivity index is 2.61. The second kappa shape index (κ2) is 7.43. The fraction of sp³-hybridized carbons (Fsp3) is 0.733. The minimum atomic E-state index is -0.0474. The number of aromatic nitrogens is 2. The highest BCUT2D eigenvalue weighted by atomic mass is 15.1. The third-order valence-electron chi connectivity index (χ3n) is 2.99. The van der Waals surface area contributed by atoms with Crippen molar-refractivity contribution in [3.05, 3.63) is 11.9 Å². The van der Waals surface area contributed by atoms with Crippen molar-refractivity contribution in [2.24, 2.45) is 0 Å². The van der Waals surface area contributed by atoms with E-state index in [4.69, 9.17) is 0 Å². The molecule has 0 atom stereocenters. The highest BCUT2D eigenvalue weighted by Gasteiger charge is 2.18. The molecule has 1 aromatic rings. The van der Waals surface area contributed by atoms with Crippen molar-refractivity contribution in [3.8, 4) is 0 Å². The van der Waals surface area contributed by atoms with E-state index in [1.165, 1.54) is 6.42 Å². The summed E-state index contributed by atoms with van der Waals surface area (Å²) in [6.45, 7) is 8.45. The zero-order valence-corrected chi connectivity index (χ0v) is 13.7. The zero-order chi connectivity index (χ0) is 15.2. The average molecular weight is 279 g/mol. The third-order valence-corrected chi connectivity index (χ3v) is 2.99. The molecule has 0 saturated heterocycles. The fourth-order valence-corrected chi connectivity index (χ4v) is 1.77. The van der Waals surface area contributed by atoms with Gasteiger partial charge in [-0.25, -0.2) is 9.97 Å². The fourth-order valence-electron chi connectivity index (χ4n) is 1.77. The molecule has 5 heteroatoms. The molecular formula is C15H29N5. The van der Waals surface area contributed by atoms with Crippen LogP contribution in [-0.2, 0) is 5.41 Å². The molecular weight excluding hydrogens is 250 g/mol. The summed E-state index contributed by atoms with van der Waals surface area (Å²) in [6.07, 6.45) is 2.33. The summed E-state index contributed by atoms with van der Waals surface area (Å²) >= 11 is 0. The van der Waals surface area contributed by atoms with Gasteiger partial charge in [0.05, 0.1) is 0 Å². The molecule has 0 aliphatic carbocycles. The van der Waals surface area contributed by atoms with Gasteiger partial charge in [0.15, 0.2) is 0 Å². The lowest BCUT2D eigenvalue weighted by atomic mass is 9.96. The van der Waals surface area contributed by atoms with E-state index in [0.717, 1.165) is 37.0 Å². The molecule has 0 amide bonds. The molecule has 0 aliphatic heterocycles. The molecule has 1 heterocycles. The van der Waals surface area contributed by atoms with E-state index in [2.05, 4.69) is 60.4 Å². The minimum Gasteiger partial charge on any atom is -0.373 e. The normalized spacial score (nSPS) is 11.8. The van der Waals surface area contributed by atoms with E-state index < -0.39 is 0 Å². The summed E-state index contributed by atoms with van der Waals surface area (Å²) in [4.78, 5) is 11.3. The van der Waals surface area contributed by atoms with Crippen LogP contribution in [0.15, 0.2) is 6.07 Å². The molecule has 0 radical (unpaired) electrons. The molecule has 0 spiro atoms. The number of nitrogens with zero attached hydrogens (tertiary/aromatic N) is 3. The third kappa shape index (κ3) is 5.74. The Morgan fingerprint density at radius 3 is 2.30 bits per heavy atom. The van der Waals surface area contributed by atoms with Crippen LogP contribution >= 0.6 is 0 Å². The van der Waals surface area contributed by atoms with Crippen LogP contribution in [0.25, 0.3) is 0 Å². The lowest BCUT2D eigenvalue weighted by Crippen LogP contribution is -2.18. The molecule has 20 heavy (non-hydrogen) atoms. The summed E-state index contributed by atoms with van der Waals surface area (Å²) in [6, 6.07) is 1.96. The number of hydrogen-bond acceptors (Lipinski definition) is 5. The maximum absolute atomic E-state index is 4.61. The van der Waals surface area contributed by atoms with Crippen molar-refractivity contribution in [3.63, 3.8) is 0 Å². The molecule has 1 aromatic heterocycles. The second-order valence-electron chi connectivity index (χ2n) is 6.40. The van der Waals surface area contributed by atoms with Gasteiger partial charge in [0.25, 0.3) is 0 Å². The summed E-state index contributed by atoms with van der Waals surface area (Å²) in [5.74, 6) is 2.62. The standard InChI is InChI=1S/C15H29N5/c1-15(2,3)14-18-12(16-4)11-13(19-14)17-9-7-8-10-20(5)6/h11H,7-10H2,1-6H3,(H2,16,17,18,19). The minimum absolute atomic E-state index is 0.0474. The van der Waals surface area contributed by atoms with Crippen molar-refractivity contribution in [1.82, 2.24) is 14.9 Å². The Kier molecular flexibility index (Phi) is 6.20. The molecule has 2 N–H and O–H groups in total. The van der Waals surface area contributed by atoms with Gasteiger partial charge in [0.2, 0.25) is 0 Å². The largest absolute Gasteiger partial charge is 0.373 e. The van der Waals surface area contributed by atoms with Crippen molar-refractivity contribution >= 4 is 11.6 Å².